The Bertz CT molecular complexity index is 269. The Balaban J connectivity index is 1.72. The van der Waals surface area contributed by atoms with Gasteiger partial charge in [-0.05, 0) is 31.6 Å². The molecule has 0 spiro atoms. The summed E-state index contributed by atoms with van der Waals surface area (Å²) in [6, 6.07) is 0.910. The minimum absolute atomic E-state index is 0.0487. The fraction of sp³-hybridized carbons (Fsp3) is 0.923. The maximum atomic E-state index is 11.9. The molecule has 2 unspecified atom stereocenters. The highest BCUT2D eigenvalue weighted by atomic mass is 16.2. The lowest BCUT2D eigenvalue weighted by molar-refractivity contribution is -0.123. The Morgan fingerprint density at radius 1 is 1.31 bits per heavy atom. The number of hydrogen-bond acceptors (Lipinski definition) is 2. The number of amides is 1. The van der Waals surface area contributed by atoms with Crippen molar-refractivity contribution < 1.29 is 4.79 Å². The first-order valence-corrected chi connectivity index (χ1v) is 6.55. The summed E-state index contributed by atoms with van der Waals surface area (Å²) in [5, 5.41) is 6.54. The predicted octanol–water partition coefficient (Wildman–Crippen LogP) is 1.82. The lowest BCUT2D eigenvalue weighted by Crippen LogP contribution is -2.46. The van der Waals surface area contributed by atoms with Gasteiger partial charge in [0.05, 0.1) is 6.04 Å². The highest BCUT2D eigenvalue weighted by Crippen LogP contribution is 2.44. The highest BCUT2D eigenvalue weighted by Gasteiger charge is 2.46. The van der Waals surface area contributed by atoms with Gasteiger partial charge in [-0.3, -0.25) is 4.79 Å². The van der Waals surface area contributed by atoms with Crippen molar-refractivity contribution in [1.29, 1.82) is 0 Å². The number of nitrogens with one attached hydrogen (secondary N) is 2. The van der Waals surface area contributed by atoms with E-state index in [9.17, 15) is 4.79 Å². The van der Waals surface area contributed by atoms with Gasteiger partial charge in [-0.1, -0.05) is 26.7 Å². The van der Waals surface area contributed by atoms with Crippen LogP contribution in [0.5, 0.6) is 0 Å². The molecule has 2 fully saturated rings. The molecule has 0 aromatic rings. The summed E-state index contributed by atoms with van der Waals surface area (Å²) in [4.78, 5) is 11.9. The normalized spacial score (nSPS) is 30.1. The molecule has 92 valence electrons. The van der Waals surface area contributed by atoms with Crippen LogP contribution in [0.1, 0.15) is 52.9 Å². The molecule has 0 bridgehead atoms. The molecule has 0 aromatic heterocycles. The summed E-state index contributed by atoms with van der Waals surface area (Å²) in [6.45, 7) is 6.46. The minimum atomic E-state index is -0.0487. The molecule has 3 nitrogen and oxygen atoms in total. The Morgan fingerprint density at radius 3 is 2.38 bits per heavy atom. The van der Waals surface area contributed by atoms with Crippen molar-refractivity contribution in [2.45, 2.75) is 71.0 Å². The van der Waals surface area contributed by atoms with E-state index in [0.29, 0.717) is 17.5 Å². The van der Waals surface area contributed by atoms with E-state index in [-0.39, 0.29) is 11.9 Å². The van der Waals surface area contributed by atoms with Crippen LogP contribution >= 0.6 is 0 Å². The Hall–Kier alpha value is -0.570. The maximum absolute atomic E-state index is 11.9. The van der Waals surface area contributed by atoms with Crippen molar-refractivity contribution in [2.75, 3.05) is 0 Å². The molecule has 0 radical (unpaired) electrons. The summed E-state index contributed by atoms with van der Waals surface area (Å²) < 4.78 is 0. The fourth-order valence-corrected chi connectivity index (χ4v) is 2.53. The van der Waals surface area contributed by atoms with Gasteiger partial charge in [0.2, 0.25) is 5.91 Å². The number of hydrogen-bond donors (Lipinski definition) is 2. The molecular formula is C13H24N2O. The standard InChI is InChI=1S/C13H24N2O/c1-9(14-11-8-13(11,2)3)12(16)15-10-6-4-5-7-10/h9-11,14H,4-8H2,1-3H3,(H,15,16). The average molecular weight is 224 g/mol. The van der Waals surface area contributed by atoms with Crippen molar-refractivity contribution in [3.05, 3.63) is 0 Å². The zero-order valence-corrected chi connectivity index (χ0v) is 10.7. The molecule has 2 rings (SSSR count). The SMILES string of the molecule is CC(NC1CC1(C)C)C(=O)NC1CCCC1. The first-order chi connectivity index (χ1) is 7.49. The Labute approximate surface area is 98.4 Å². The molecule has 0 aromatic carbocycles. The van der Waals surface area contributed by atoms with Crippen LogP contribution in [-0.4, -0.2) is 24.0 Å². The van der Waals surface area contributed by atoms with Crippen molar-refractivity contribution >= 4 is 5.91 Å². The fourth-order valence-electron chi connectivity index (χ4n) is 2.53. The Kier molecular flexibility index (Phi) is 3.24. The first-order valence-electron chi connectivity index (χ1n) is 6.55. The van der Waals surface area contributed by atoms with Crippen LogP contribution in [0, 0.1) is 5.41 Å². The van der Waals surface area contributed by atoms with Crippen LogP contribution in [0.15, 0.2) is 0 Å². The second-order valence-corrected chi connectivity index (χ2v) is 6.12. The molecule has 0 aliphatic heterocycles. The summed E-state index contributed by atoms with van der Waals surface area (Å²) in [7, 11) is 0. The highest BCUT2D eigenvalue weighted by molar-refractivity contribution is 5.81. The topological polar surface area (TPSA) is 41.1 Å². The van der Waals surface area contributed by atoms with E-state index in [4.69, 9.17) is 0 Å². The van der Waals surface area contributed by atoms with E-state index < -0.39 is 0 Å². The summed E-state index contributed by atoms with van der Waals surface area (Å²) in [6.07, 6.45) is 6.04. The second kappa shape index (κ2) is 4.36. The van der Waals surface area contributed by atoms with Gasteiger partial charge < -0.3 is 10.6 Å². The van der Waals surface area contributed by atoms with E-state index in [1.807, 2.05) is 6.92 Å². The molecule has 16 heavy (non-hydrogen) atoms. The van der Waals surface area contributed by atoms with Crippen molar-refractivity contribution in [2.24, 2.45) is 5.41 Å². The van der Waals surface area contributed by atoms with Gasteiger partial charge in [0.25, 0.3) is 0 Å². The quantitative estimate of drug-likeness (QED) is 0.765. The molecule has 2 saturated carbocycles. The molecule has 3 heteroatoms. The van der Waals surface area contributed by atoms with Crippen molar-refractivity contribution in [3.8, 4) is 0 Å². The third-order valence-corrected chi connectivity index (χ3v) is 4.06. The van der Waals surface area contributed by atoms with E-state index in [0.717, 1.165) is 12.8 Å². The largest absolute Gasteiger partial charge is 0.352 e. The summed E-state index contributed by atoms with van der Waals surface area (Å²) in [5.74, 6) is 0.176. The molecular weight excluding hydrogens is 200 g/mol. The zero-order chi connectivity index (χ0) is 11.8. The molecule has 1 amide bonds. The predicted molar refractivity (Wildman–Crippen MR) is 65.2 cm³/mol. The van der Waals surface area contributed by atoms with Crippen LogP contribution in [0.4, 0.5) is 0 Å². The number of rotatable bonds is 4. The van der Waals surface area contributed by atoms with Crippen LogP contribution in [0.3, 0.4) is 0 Å². The monoisotopic (exact) mass is 224 g/mol. The van der Waals surface area contributed by atoms with E-state index in [2.05, 4.69) is 24.5 Å². The van der Waals surface area contributed by atoms with Gasteiger partial charge in [-0.2, -0.15) is 0 Å². The van der Waals surface area contributed by atoms with Crippen molar-refractivity contribution in [1.82, 2.24) is 10.6 Å². The lowest BCUT2D eigenvalue weighted by atomic mass is 10.1. The lowest BCUT2D eigenvalue weighted by Gasteiger charge is -2.18. The zero-order valence-electron chi connectivity index (χ0n) is 10.7. The second-order valence-electron chi connectivity index (χ2n) is 6.12. The average Bonchev–Trinajstić information content (AvgIpc) is 2.67. The van der Waals surface area contributed by atoms with E-state index in [1.54, 1.807) is 0 Å². The summed E-state index contributed by atoms with van der Waals surface area (Å²) >= 11 is 0. The maximum Gasteiger partial charge on any atom is 0.237 e. The molecule has 2 atom stereocenters. The van der Waals surface area contributed by atoms with Crippen LogP contribution in [0.25, 0.3) is 0 Å². The Morgan fingerprint density at radius 2 is 1.88 bits per heavy atom. The minimum Gasteiger partial charge on any atom is -0.352 e. The molecule has 2 aliphatic carbocycles. The van der Waals surface area contributed by atoms with Crippen molar-refractivity contribution in [3.63, 3.8) is 0 Å². The van der Waals surface area contributed by atoms with Crippen LogP contribution in [0.2, 0.25) is 0 Å². The van der Waals surface area contributed by atoms with Gasteiger partial charge >= 0.3 is 0 Å². The third kappa shape index (κ3) is 2.76. The van der Waals surface area contributed by atoms with Gasteiger partial charge in [-0.15, -0.1) is 0 Å². The van der Waals surface area contributed by atoms with Gasteiger partial charge in [0.15, 0.2) is 0 Å². The summed E-state index contributed by atoms with van der Waals surface area (Å²) in [5.41, 5.74) is 0.391. The number of carbonyl (C=O) groups excluding carboxylic acids is 1. The van der Waals surface area contributed by atoms with Gasteiger partial charge in [0, 0.05) is 12.1 Å². The first kappa shape index (κ1) is 11.9. The van der Waals surface area contributed by atoms with Crippen LogP contribution < -0.4 is 10.6 Å². The van der Waals surface area contributed by atoms with Crippen LogP contribution in [-0.2, 0) is 4.79 Å². The molecule has 2 N–H and O–H groups in total. The molecule has 2 aliphatic rings. The van der Waals surface area contributed by atoms with E-state index in [1.165, 1.54) is 19.3 Å². The molecule has 0 saturated heterocycles. The smallest absolute Gasteiger partial charge is 0.237 e. The molecule has 0 heterocycles. The van der Waals surface area contributed by atoms with E-state index >= 15 is 0 Å². The number of carbonyl (C=O) groups is 1. The van der Waals surface area contributed by atoms with Gasteiger partial charge in [-0.25, -0.2) is 0 Å². The third-order valence-electron chi connectivity index (χ3n) is 4.06. The van der Waals surface area contributed by atoms with Gasteiger partial charge in [0.1, 0.15) is 0 Å².